The van der Waals surface area contributed by atoms with Crippen LogP contribution >= 0.6 is 10.7 Å². The Hall–Kier alpha value is -1.85. The molecule has 1 N–H and O–H groups in total. The maximum Gasteiger partial charge on any atom is 0.261 e. The summed E-state index contributed by atoms with van der Waals surface area (Å²) in [5, 5.41) is 2.54. The molecule has 0 aliphatic rings. The van der Waals surface area contributed by atoms with Crippen LogP contribution in [0.4, 0.5) is 5.69 Å². The molecule has 2 rings (SSSR count). The molecule has 4 nitrogen and oxygen atoms in total. The van der Waals surface area contributed by atoms with Gasteiger partial charge in [0, 0.05) is 16.4 Å². The third-order valence-corrected chi connectivity index (χ3v) is 3.95. The fraction of sp³-hybridized carbons (Fsp3) is 0. The number of carbonyl (C=O) groups excluding carboxylic acids is 1. The van der Waals surface area contributed by atoms with Crippen LogP contribution in [0.5, 0.6) is 0 Å². The molecule has 0 heterocycles. The number of hydrogen-bond acceptors (Lipinski definition) is 3. The number of rotatable bonds is 4. The Kier molecular flexibility index (Phi) is 3.87. The molecule has 0 aromatic heterocycles. The average Bonchev–Trinajstić information content (AvgIpc) is 2.39. The Morgan fingerprint density at radius 1 is 0.895 bits per heavy atom. The smallest absolute Gasteiger partial charge is 0.261 e. The number of anilines is 1. The lowest BCUT2D eigenvalue weighted by atomic mass is 10.1. The van der Waals surface area contributed by atoms with E-state index in [4.69, 9.17) is 10.7 Å². The van der Waals surface area contributed by atoms with Crippen molar-refractivity contribution in [2.45, 2.75) is 4.90 Å². The van der Waals surface area contributed by atoms with E-state index in [1.54, 1.807) is 24.3 Å². The number of benzene rings is 2. The van der Waals surface area contributed by atoms with Gasteiger partial charge in [-0.2, -0.15) is 0 Å². The first-order valence-corrected chi connectivity index (χ1v) is 7.67. The van der Waals surface area contributed by atoms with Crippen molar-refractivity contribution in [2.75, 3.05) is 5.32 Å². The molecule has 0 unspecified atom stereocenters. The lowest BCUT2D eigenvalue weighted by molar-refractivity contribution is -0.105. The number of hydrogen-bond donors (Lipinski definition) is 1. The first kappa shape index (κ1) is 13.6. The highest BCUT2D eigenvalue weighted by atomic mass is 35.7. The Morgan fingerprint density at radius 2 is 1.37 bits per heavy atom. The van der Waals surface area contributed by atoms with E-state index in [0.717, 1.165) is 11.1 Å². The lowest BCUT2D eigenvalue weighted by Crippen LogP contribution is -1.93. The van der Waals surface area contributed by atoms with Crippen LogP contribution in [0.15, 0.2) is 53.4 Å². The normalized spacial score (nSPS) is 11.0. The fourth-order valence-electron chi connectivity index (χ4n) is 1.64. The average molecular weight is 296 g/mol. The molecule has 0 atom stereocenters. The predicted molar refractivity (Wildman–Crippen MR) is 74.6 cm³/mol. The van der Waals surface area contributed by atoms with E-state index in [1.807, 2.05) is 12.1 Å². The molecule has 0 aliphatic heterocycles. The Labute approximate surface area is 115 Å². The first-order valence-electron chi connectivity index (χ1n) is 5.36. The highest BCUT2D eigenvalue weighted by Crippen LogP contribution is 2.24. The molecule has 0 aliphatic carbocycles. The van der Waals surface area contributed by atoms with Crippen molar-refractivity contribution in [1.29, 1.82) is 0 Å². The van der Waals surface area contributed by atoms with Crippen molar-refractivity contribution >= 4 is 31.8 Å². The highest BCUT2D eigenvalue weighted by Gasteiger charge is 2.09. The van der Waals surface area contributed by atoms with Crippen LogP contribution in [0.3, 0.4) is 0 Å². The summed E-state index contributed by atoms with van der Waals surface area (Å²) >= 11 is 0. The molecule has 1 amide bonds. The van der Waals surface area contributed by atoms with Gasteiger partial charge in [-0.05, 0) is 35.4 Å². The van der Waals surface area contributed by atoms with E-state index in [2.05, 4.69) is 5.32 Å². The fourth-order valence-corrected chi connectivity index (χ4v) is 2.41. The van der Waals surface area contributed by atoms with Gasteiger partial charge in [-0.1, -0.05) is 24.3 Å². The molecule has 0 bridgehead atoms. The molecular formula is C13H10ClNO3S. The van der Waals surface area contributed by atoms with Crippen LogP contribution in [0.2, 0.25) is 0 Å². The maximum absolute atomic E-state index is 11.1. The summed E-state index contributed by atoms with van der Waals surface area (Å²) in [5.41, 5.74) is 2.47. The third-order valence-electron chi connectivity index (χ3n) is 2.58. The van der Waals surface area contributed by atoms with E-state index < -0.39 is 9.05 Å². The topological polar surface area (TPSA) is 63.2 Å². The van der Waals surface area contributed by atoms with Crippen LogP contribution in [-0.2, 0) is 13.8 Å². The van der Waals surface area contributed by atoms with Crippen molar-refractivity contribution < 1.29 is 13.2 Å². The molecule has 6 heteroatoms. The van der Waals surface area contributed by atoms with Gasteiger partial charge in [0.2, 0.25) is 6.41 Å². The summed E-state index contributed by atoms with van der Waals surface area (Å²) in [7, 11) is 1.55. The van der Waals surface area contributed by atoms with E-state index >= 15 is 0 Å². The summed E-state index contributed by atoms with van der Waals surface area (Å²) in [6, 6.07) is 13.4. The van der Waals surface area contributed by atoms with Crippen LogP contribution in [-0.4, -0.2) is 14.8 Å². The van der Waals surface area contributed by atoms with E-state index in [-0.39, 0.29) is 4.90 Å². The number of amides is 1. The SMILES string of the molecule is O=CNc1ccc(-c2ccc(S(=O)(=O)Cl)cc2)cc1. The minimum atomic E-state index is -3.69. The second kappa shape index (κ2) is 5.42. The highest BCUT2D eigenvalue weighted by molar-refractivity contribution is 8.13. The molecule has 0 fully saturated rings. The molecular weight excluding hydrogens is 286 g/mol. The van der Waals surface area contributed by atoms with Crippen molar-refractivity contribution in [3.05, 3.63) is 48.5 Å². The van der Waals surface area contributed by atoms with Crippen LogP contribution in [0.1, 0.15) is 0 Å². The van der Waals surface area contributed by atoms with E-state index in [9.17, 15) is 13.2 Å². The largest absolute Gasteiger partial charge is 0.329 e. The zero-order chi connectivity index (χ0) is 13.9. The maximum atomic E-state index is 11.1. The predicted octanol–water partition coefficient (Wildman–Crippen LogP) is 2.85. The van der Waals surface area contributed by atoms with Gasteiger partial charge in [0.1, 0.15) is 0 Å². The second-order valence-corrected chi connectivity index (χ2v) is 6.37. The first-order chi connectivity index (χ1) is 9.00. The molecule has 0 radical (unpaired) electrons. The quantitative estimate of drug-likeness (QED) is 0.697. The van der Waals surface area contributed by atoms with Crippen molar-refractivity contribution in [1.82, 2.24) is 0 Å². The van der Waals surface area contributed by atoms with Crippen LogP contribution in [0.25, 0.3) is 11.1 Å². The standard InChI is InChI=1S/C13H10ClNO3S/c14-19(17,18)13-7-3-11(4-8-13)10-1-5-12(6-2-10)15-9-16/h1-9H,(H,15,16). The summed E-state index contributed by atoms with van der Waals surface area (Å²) in [5.74, 6) is 0. The molecule has 98 valence electrons. The molecule has 0 saturated heterocycles. The second-order valence-electron chi connectivity index (χ2n) is 3.80. The Balaban J connectivity index is 2.29. The molecule has 19 heavy (non-hydrogen) atoms. The minimum Gasteiger partial charge on any atom is -0.329 e. The Bertz CT molecular complexity index is 679. The monoisotopic (exact) mass is 295 g/mol. The van der Waals surface area contributed by atoms with Gasteiger partial charge in [0.25, 0.3) is 9.05 Å². The lowest BCUT2D eigenvalue weighted by Gasteiger charge is -2.04. The van der Waals surface area contributed by atoms with Gasteiger partial charge >= 0.3 is 0 Å². The van der Waals surface area contributed by atoms with Crippen LogP contribution in [0, 0.1) is 0 Å². The van der Waals surface area contributed by atoms with Gasteiger partial charge in [0.15, 0.2) is 0 Å². The van der Waals surface area contributed by atoms with Gasteiger partial charge in [-0.15, -0.1) is 0 Å². The van der Waals surface area contributed by atoms with Crippen molar-refractivity contribution in [3.63, 3.8) is 0 Å². The molecule has 2 aromatic carbocycles. The summed E-state index contributed by atoms with van der Waals surface area (Å²) in [6.45, 7) is 0. The van der Waals surface area contributed by atoms with Crippen molar-refractivity contribution in [3.8, 4) is 11.1 Å². The van der Waals surface area contributed by atoms with Gasteiger partial charge in [-0.3, -0.25) is 4.79 Å². The van der Waals surface area contributed by atoms with Crippen molar-refractivity contribution in [2.24, 2.45) is 0 Å². The summed E-state index contributed by atoms with van der Waals surface area (Å²) in [4.78, 5) is 10.3. The molecule has 0 spiro atoms. The van der Waals surface area contributed by atoms with E-state index in [1.165, 1.54) is 12.1 Å². The zero-order valence-electron chi connectivity index (χ0n) is 9.71. The minimum absolute atomic E-state index is 0.0668. The third kappa shape index (κ3) is 3.33. The summed E-state index contributed by atoms with van der Waals surface area (Å²) < 4.78 is 22.2. The van der Waals surface area contributed by atoms with E-state index in [0.29, 0.717) is 12.1 Å². The summed E-state index contributed by atoms with van der Waals surface area (Å²) in [6.07, 6.45) is 0.606. The number of carbonyl (C=O) groups is 1. The number of nitrogens with one attached hydrogen (secondary N) is 1. The van der Waals surface area contributed by atoms with Gasteiger partial charge in [0.05, 0.1) is 4.90 Å². The molecule has 0 saturated carbocycles. The van der Waals surface area contributed by atoms with Crippen LogP contribution < -0.4 is 5.32 Å². The Morgan fingerprint density at radius 3 is 1.79 bits per heavy atom. The van der Waals surface area contributed by atoms with Gasteiger partial charge < -0.3 is 5.32 Å². The number of halogens is 1. The molecule has 2 aromatic rings. The van der Waals surface area contributed by atoms with Gasteiger partial charge in [-0.25, -0.2) is 8.42 Å². The zero-order valence-corrected chi connectivity index (χ0v) is 11.3.